The molecule has 0 radical (unpaired) electrons. The van der Waals surface area contributed by atoms with Gasteiger partial charge in [0.15, 0.2) is 0 Å². The Hall–Kier alpha value is -2.14. The number of nitrogens with one attached hydrogen (secondary N) is 1. The number of anilines is 1. The third-order valence-corrected chi connectivity index (χ3v) is 5.53. The second kappa shape index (κ2) is 5.49. The van der Waals surface area contributed by atoms with E-state index in [1.165, 1.54) is 0 Å². The molecule has 3 atom stereocenters. The van der Waals surface area contributed by atoms with Crippen LogP contribution in [0.2, 0.25) is 0 Å². The SMILES string of the molecule is O=[N+]([O-])c1cccc2c1N[C@@H](c1ccccc1Br)[C@@H]1CC=C[C@H]21. The summed E-state index contributed by atoms with van der Waals surface area (Å²) in [7, 11) is 0. The Morgan fingerprint density at radius 2 is 1.91 bits per heavy atom. The quantitative estimate of drug-likeness (QED) is 0.449. The lowest BCUT2D eigenvalue weighted by molar-refractivity contribution is -0.384. The number of benzene rings is 2. The van der Waals surface area contributed by atoms with Gasteiger partial charge in [0, 0.05) is 16.5 Å². The first-order valence-corrected chi connectivity index (χ1v) is 8.41. The van der Waals surface area contributed by atoms with Crippen LogP contribution in [0.4, 0.5) is 11.4 Å². The fraction of sp³-hybridized carbons (Fsp3) is 0.222. The third kappa shape index (κ3) is 2.27. The zero-order chi connectivity index (χ0) is 16.0. The van der Waals surface area contributed by atoms with E-state index in [4.69, 9.17) is 0 Å². The maximum absolute atomic E-state index is 11.4. The first-order valence-electron chi connectivity index (χ1n) is 7.61. The molecule has 1 aliphatic carbocycles. The Balaban J connectivity index is 1.87. The highest BCUT2D eigenvalue weighted by Crippen LogP contribution is 2.52. The number of fused-ring (bicyclic) bond motifs is 3. The normalized spacial score (nSPS) is 24.7. The highest BCUT2D eigenvalue weighted by molar-refractivity contribution is 9.10. The van der Waals surface area contributed by atoms with Gasteiger partial charge in [-0.2, -0.15) is 0 Å². The third-order valence-electron chi connectivity index (χ3n) is 4.81. The second-order valence-corrected chi connectivity index (χ2v) is 6.85. The van der Waals surface area contributed by atoms with E-state index in [9.17, 15) is 10.1 Å². The van der Waals surface area contributed by atoms with E-state index < -0.39 is 0 Å². The van der Waals surface area contributed by atoms with Crippen molar-refractivity contribution in [2.45, 2.75) is 18.4 Å². The number of allylic oxidation sites excluding steroid dienone is 2. The second-order valence-electron chi connectivity index (χ2n) is 6.00. The zero-order valence-electron chi connectivity index (χ0n) is 12.3. The lowest BCUT2D eigenvalue weighted by atomic mass is 9.77. The van der Waals surface area contributed by atoms with Crippen LogP contribution in [-0.4, -0.2) is 4.92 Å². The van der Waals surface area contributed by atoms with Crippen LogP contribution in [0.15, 0.2) is 59.1 Å². The number of nitro benzene ring substituents is 1. The number of halogens is 1. The number of nitrogens with zero attached hydrogens (tertiary/aromatic N) is 1. The molecule has 0 fully saturated rings. The van der Waals surface area contributed by atoms with E-state index in [1.807, 2.05) is 24.3 Å². The average molecular weight is 371 g/mol. The summed E-state index contributed by atoms with van der Waals surface area (Å²) in [4.78, 5) is 11.1. The molecule has 0 saturated heterocycles. The molecule has 116 valence electrons. The summed E-state index contributed by atoms with van der Waals surface area (Å²) in [5, 5.41) is 14.9. The predicted molar refractivity (Wildman–Crippen MR) is 93.6 cm³/mol. The summed E-state index contributed by atoms with van der Waals surface area (Å²) in [6.07, 6.45) is 5.36. The predicted octanol–water partition coefficient (Wildman–Crippen LogP) is 5.18. The van der Waals surface area contributed by atoms with E-state index in [0.717, 1.165) is 22.0 Å². The fourth-order valence-corrected chi connectivity index (χ4v) is 4.32. The van der Waals surface area contributed by atoms with Gasteiger partial charge in [-0.15, -0.1) is 0 Å². The molecule has 0 saturated carbocycles. The molecule has 4 nitrogen and oxygen atoms in total. The minimum absolute atomic E-state index is 0.0548. The van der Waals surface area contributed by atoms with Crippen molar-refractivity contribution in [2.75, 3.05) is 5.32 Å². The topological polar surface area (TPSA) is 55.2 Å². The number of para-hydroxylation sites is 1. The molecule has 0 aromatic heterocycles. The van der Waals surface area contributed by atoms with Gasteiger partial charge in [0.05, 0.1) is 11.0 Å². The highest BCUT2D eigenvalue weighted by Gasteiger charge is 2.40. The molecule has 0 bridgehead atoms. The van der Waals surface area contributed by atoms with Crippen LogP contribution in [0.1, 0.15) is 29.5 Å². The smallest absolute Gasteiger partial charge is 0.292 e. The van der Waals surface area contributed by atoms with Gasteiger partial charge < -0.3 is 5.32 Å². The maximum Gasteiger partial charge on any atom is 0.292 e. The summed E-state index contributed by atoms with van der Waals surface area (Å²) in [5.41, 5.74) is 2.99. The largest absolute Gasteiger partial charge is 0.372 e. The van der Waals surface area contributed by atoms with Crippen molar-refractivity contribution in [2.24, 2.45) is 5.92 Å². The monoisotopic (exact) mass is 370 g/mol. The Morgan fingerprint density at radius 1 is 1.13 bits per heavy atom. The Bertz CT molecular complexity index is 818. The van der Waals surface area contributed by atoms with Gasteiger partial charge in [0.2, 0.25) is 0 Å². The molecule has 0 unspecified atom stereocenters. The first kappa shape index (κ1) is 14.5. The van der Waals surface area contributed by atoms with Crippen LogP contribution >= 0.6 is 15.9 Å². The minimum atomic E-state index is -0.304. The van der Waals surface area contributed by atoms with Gasteiger partial charge in [-0.1, -0.05) is 58.4 Å². The summed E-state index contributed by atoms with van der Waals surface area (Å²) in [5.74, 6) is 0.603. The molecule has 4 rings (SSSR count). The summed E-state index contributed by atoms with van der Waals surface area (Å²) >= 11 is 3.62. The highest BCUT2D eigenvalue weighted by atomic mass is 79.9. The summed E-state index contributed by atoms with van der Waals surface area (Å²) in [6, 6.07) is 13.5. The van der Waals surface area contributed by atoms with Crippen molar-refractivity contribution < 1.29 is 4.92 Å². The number of nitro groups is 1. The van der Waals surface area contributed by atoms with E-state index in [0.29, 0.717) is 11.6 Å². The first-order chi connectivity index (χ1) is 11.2. The van der Waals surface area contributed by atoms with Crippen LogP contribution < -0.4 is 5.32 Å². The van der Waals surface area contributed by atoms with Crippen molar-refractivity contribution in [1.29, 1.82) is 0 Å². The molecule has 1 N–H and O–H groups in total. The summed E-state index contributed by atoms with van der Waals surface area (Å²) in [6.45, 7) is 0. The van der Waals surface area contributed by atoms with Crippen LogP contribution in [-0.2, 0) is 0 Å². The van der Waals surface area contributed by atoms with Gasteiger partial charge in [-0.25, -0.2) is 0 Å². The zero-order valence-corrected chi connectivity index (χ0v) is 13.9. The lowest BCUT2D eigenvalue weighted by Gasteiger charge is -2.37. The van der Waals surface area contributed by atoms with Gasteiger partial charge in [-0.3, -0.25) is 10.1 Å². The Labute approximate surface area is 142 Å². The van der Waals surface area contributed by atoms with Gasteiger partial charge in [0.25, 0.3) is 5.69 Å². The number of hydrogen-bond donors (Lipinski definition) is 1. The molecule has 2 aliphatic rings. The van der Waals surface area contributed by atoms with Crippen molar-refractivity contribution in [1.82, 2.24) is 0 Å². The average Bonchev–Trinajstić information content (AvgIpc) is 3.04. The number of hydrogen-bond acceptors (Lipinski definition) is 3. The van der Waals surface area contributed by atoms with Crippen LogP contribution in [0, 0.1) is 16.0 Å². The molecule has 1 aliphatic heterocycles. The van der Waals surface area contributed by atoms with Crippen molar-refractivity contribution in [3.05, 3.63) is 80.3 Å². The molecule has 1 heterocycles. The molecule has 5 heteroatoms. The lowest BCUT2D eigenvalue weighted by Crippen LogP contribution is -2.29. The van der Waals surface area contributed by atoms with E-state index in [-0.39, 0.29) is 22.6 Å². The Morgan fingerprint density at radius 3 is 2.70 bits per heavy atom. The number of rotatable bonds is 2. The maximum atomic E-state index is 11.4. The van der Waals surface area contributed by atoms with Gasteiger partial charge in [0.1, 0.15) is 5.69 Å². The molecule has 23 heavy (non-hydrogen) atoms. The Kier molecular flexibility index (Phi) is 3.45. The molecule has 2 aromatic rings. The molecule has 0 spiro atoms. The van der Waals surface area contributed by atoms with E-state index in [1.54, 1.807) is 12.1 Å². The summed E-state index contributed by atoms with van der Waals surface area (Å²) < 4.78 is 1.03. The molecular formula is C18H15BrN2O2. The van der Waals surface area contributed by atoms with Crippen molar-refractivity contribution in [3.8, 4) is 0 Å². The minimum Gasteiger partial charge on any atom is -0.372 e. The molecule has 0 amide bonds. The van der Waals surface area contributed by atoms with Crippen molar-refractivity contribution >= 4 is 27.3 Å². The molecule has 2 aromatic carbocycles. The standard InChI is InChI=1S/C18H15BrN2O2/c19-15-9-2-1-5-14(15)17-12-7-3-6-11(12)13-8-4-10-16(21(22)23)18(13)20-17/h1-6,8-12,17,20H,7H2/t11-,12+,17+/m0/s1. The van der Waals surface area contributed by atoms with E-state index in [2.05, 4.69) is 39.5 Å². The molecular weight excluding hydrogens is 356 g/mol. The van der Waals surface area contributed by atoms with Crippen LogP contribution in [0.25, 0.3) is 0 Å². The fourth-order valence-electron chi connectivity index (χ4n) is 3.79. The van der Waals surface area contributed by atoms with E-state index >= 15 is 0 Å². The van der Waals surface area contributed by atoms with Crippen molar-refractivity contribution in [3.63, 3.8) is 0 Å². The van der Waals surface area contributed by atoms with Crippen LogP contribution in [0.3, 0.4) is 0 Å². The van der Waals surface area contributed by atoms with Gasteiger partial charge >= 0.3 is 0 Å². The van der Waals surface area contributed by atoms with Gasteiger partial charge in [-0.05, 0) is 29.5 Å². The van der Waals surface area contributed by atoms with Crippen LogP contribution in [0.5, 0.6) is 0 Å².